The lowest BCUT2D eigenvalue weighted by Gasteiger charge is -2.26. The van der Waals surface area contributed by atoms with Crippen molar-refractivity contribution in [2.45, 2.75) is 25.9 Å². The van der Waals surface area contributed by atoms with Crippen molar-refractivity contribution in [2.75, 3.05) is 7.11 Å². The molecule has 6 nitrogen and oxygen atoms in total. The topological polar surface area (TPSA) is 66.8 Å². The van der Waals surface area contributed by atoms with E-state index in [9.17, 15) is 9.59 Å². The van der Waals surface area contributed by atoms with Gasteiger partial charge >= 0.3 is 5.97 Å². The van der Waals surface area contributed by atoms with Gasteiger partial charge in [0.05, 0.1) is 24.6 Å². The molecule has 0 amide bonds. The van der Waals surface area contributed by atoms with E-state index in [1.807, 2.05) is 73.7 Å². The first-order chi connectivity index (χ1) is 16.5. The third kappa shape index (κ3) is 3.71. The number of pyridine rings is 1. The SMILES string of the molecule is COc1cc([C@@H]2CC(=O)Oc3c2c(=O)n(C)c2ccccc32)ccc1OCc1ccccc1C. The van der Waals surface area contributed by atoms with Gasteiger partial charge in [-0.15, -0.1) is 0 Å². The number of hydrogen-bond acceptors (Lipinski definition) is 5. The number of hydrogen-bond donors (Lipinski definition) is 0. The average molecular weight is 456 g/mol. The Bertz CT molecular complexity index is 1470. The number of aromatic nitrogens is 1. The maximum atomic E-state index is 13.3. The van der Waals surface area contributed by atoms with Gasteiger partial charge in [0.1, 0.15) is 12.4 Å². The zero-order chi connectivity index (χ0) is 23.8. The second-order valence-corrected chi connectivity index (χ2v) is 8.48. The molecule has 1 atom stereocenters. The van der Waals surface area contributed by atoms with Crippen LogP contribution in [0.15, 0.2) is 71.5 Å². The Morgan fingerprint density at radius 1 is 1.00 bits per heavy atom. The number of rotatable bonds is 5. The third-order valence-corrected chi connectivity index (χ3v) is 6.46. The van der Waals surface area contributed by atoms with E-state index in [0.717, 1.165) is 27.6 Å². The molecule has 0 spiro atoms. The maximum absolute atomic E-state index is 13.3. The molecule has 4 aromatic rings. The number of benzene rings is 3. The van der Waals surface area contributed by atoms with Crippen LogP contribution < -0.4 is 19.8 Å². The largest absolute Gasteiger partial charge is 0.493 e. The first-order valence-corrected chi connectivity index (χ1v) is 11.2. The van der Waals surface area contributed by atoms with Crippen LogP contribution in [-0.2, 0) is 18.4 Å². The smallest absolute Gasteiger partial charge is 0.312 e. The maximum Gasteiger partial charge on any atom is 0.312 e. The molecule has 0 N–H and O–H groups in total. The lowest BCUT2D eigenvalue weighted by atomic mass is 9.86. The number of nitrogens with zero attached hydrogens (tertiary/aromatic N) is 1. The normalized spacial score (nSPS) is 15.0. The van der Waals surface area contributed by atoms with Gasteiger partial charge in [-0.25, -0.2) is 0 Å². The van der Waals surface area contributed by atoms with E-state index >= 15 is 0 Å². The molecule has 1 aliphatic rings. The van der Waals surface area contributed by atoms with Gasteiger partial charge in [0.25, 0.3) is 5.56 Å². The van der Waals surface area contributed by atoms with Gasteiger partial charge in [-0.3, -0.25) is 9.59 Å². The van der Waals surface area contributed by atoms with Gasteiger partial charge in [-0.05, 0) is 47.9 Å². The van der Waals surface area contributed by atoms with Crippen molar-refractivity contribution in [1.29, 1.82) is 0 Å². The predicted octanol–water partition coefficient (Wildman–Crippen LogP) is 4.88. The second kappa shape index (κ2) is 8.71. The summed E-state index contributed by atoms with van der Waals surface area (Å²) in [7, 11) is 3.32. The molecule has 1 aliphatic heterocycles. The number of fused-ring (bicyclic) bond motifs is 3. The van der Waals surface area contributed by atoms with E-state index in [2.05, 4.69) is 0 Å². The molecule has 2 heterocycles. The van der Waals surface area contributed by atoms with Crippen LogP contribution in [0.1, 0.15) is 34.6 Å². The summed E-state index contributed by atoms with van der Waals surface area (Å²) in [5, 5.41) is 0.739. The highest BCUT2D eigenvalue weighted by atomic mass is 16.5. The van der Waals surface area contributed by atoms with Crippen LogP contribution in [0, 0.1) is 6.92 Å². The minimum Gasteiger partial charge on any atom is -0.493 e. The Morgan fingerprint density at radius 3 is 2.56 bits per heavy atom. The van der Waals surface area contributed by atoms with E-state index in [4.69, 9.17) is 14.2 Å². The molecule has 0 unspecified atom stereocenters. The molecule has 0 saturated carbocycles. The van der Waals surface area contributed by atoms with Crippen molar-refractivity contribution in [3.8, 4) is 17.2 Å². The fraction of sp³-hybridized carbons (Fsp3) is 0.214. The number of ether oxygens (including phenoxy) is 3. The van der Waals surface area contributed by atoms with Gasteiger partial charge in [0.2, 0.25) is 0 Å². The molecule has 0 radical (unpaired) electrons. The molecule has 0 saturated heterocycles. The van der Waals surface area contributed by atoms with E-state index in [1.54, 1.807) is 18.7 Å². The fourth-order valence-electron chi connectivity index (χ4n) is 4.56. The Morgan fingerprint density at radius 2 is 1.76 bits per heavy atom. The van der Waals surface area contributed by atoms with E-state index in [0.29, 0.717) is 29.4 Å². The van der Waals surface area contributed by atoms with Gasteiger partial charge in [0.15, 0.2) is 11.5 Å². The van der Waals surface area contributed by atoms with Crippen molar-refractivity contribution < 1.29 is 19.0 Å². The summed E-state index contributed by atoms with van der Waals surface area (Å²) in [6, 6.07) is 21.0. The zero-order valence-electron chi connectivity index (χ0n) is 19.3. The highest BCUT2D eigenvalue weighted by Crippen LogP contribution is 2.42. The Labute approximate surface area is 197 Å². The summed E-state index contributed by atoms with van der Waals surface area (Å²) < 4.78 is 18.9. The summed E-state index contributed by atoms with van der Waals surface area (Å²) >= 11 is 0. The van der Waals surface area contributed by atoms with E-state index in [-0.39, 0.29) is 17.9 Å². The van der Waals surface area contributed by atoms with Crippen LogP contribution in [0.25, 0.3) is 10.9 Å². The van der Waals surface area contributed by atoms with Gasteiger partial charge in [0, 0.05) is 18.4 Å². The monoisotopic (exact) mass is 455 g/mol. The average Bonchev–Trinajstić information content (AvgIpc) is 2.86. The van der Waals surface area contributed by atoms with Crippen molar-refractivity contribution in [2.24, 2.45) is 7.05 Å². The fourth-order valence-corrected chi connectivity index (χ4v) is 4.56. The Kier molecular flexibility index (Phi) is 5.57. The third-order valence-electron chi connectivity index (χ3n) is 6.46. The highest BCUT2D eigenvalue weighted by Gasteiger charge is 2.34. The molecule has 3 aromatic carbocycles. The van der Waals surface area contributed by atoms with Crippen molar-refractivity contribution >= 4 is 16.9 Å². The number of carbonyl (C=O) groups excluding carboxylic acids is 1. The number of carbonyl (C=O) groups is 1. The van der Waals surface area contributed by atoms with Gasteiger partial charge < -0.3 is 18.8 Å². The molecule has 34 heavy (non-hydrogen) atoms. The molecule has 0 fully saturated rings. The predicted molar refractivity (Wildman–Crippen MR) is 130 cm³/mol. The second-order valence-electron chi connectivity index (χ2n) is 8.48. The number of methoxy groups -OCH3 is 1. The van der Waals surface area contributed by atoms with Crippen molar-refractivity contribution in [3.05, 3.63) is 99.3 Å². The molecule has 6 heteroatoms. The van der Waals surface area contributed by atoms with Gasteiger partial charge in [-0.2, -0.15) is 0 Å². The molecular formula is C28H25NO5. The van der Waals surface area contributed by atoms with E-state index in [1.165, 1.54) is 0 Å². The van der Waals surface area contributed by atoms with Crippen LogP contribution in [0.4, 0.5) is 0 Å². The van der Waals surface area contributed by atoms with Crippen LogP contribution >= 0.6 is 0 Å². The lowest BCUT2D eigenvalue weighted by molar-refractivity contribution is -0.135. The van der Waals surface area contributed by atoms with Gasteiger partial charge in [-0.1, -0.05) is 42.5 Å². The molecular weight excluding hydrogens is 430 g/mol. The minimum atomic E-state index is -0.445. The molecule has 0 aliphatic carbocycles. The summed E-state index contributed by atoms with van der Waals surface area (Å²) in [6.45, 7) is 2.45. The lowest BCUT2D eigenvalue weighted by Crippen LogP contribution is -2.31. The summed E-state index contributed by atoms with van der Waals surface area (Å²) in [4.78, 5) is 25.9. The molecule has 0 bridgehead atoms. The number of esters is 1. The number of aryl methyl sites for hydroxylation is 2. The first kappa shape index (κ1) is 21.8. The highest BCUT2D eigenvalue weighted by molar-refractivity contribution is 5.91. The summed E-state index contributed by atoms with van der Waals surface area (Å²) in [5.41, 5.74) is 4.07. The summed E-state index contributed by atoms with van der Waals surface area (Å²) in [5.74, 6) is 0.677. The first-order valence-electron chi connectivity index (χ1n) is 11.2. The number of para-hydroxylation sites is 1. The quantitative estimate of drug-likeness (QED) is 0.402. The van der Waals surface area contributed by atoms with Crippen LogP contribution in [0.3, 0.4) is 0 Å². The zero-order valence-corrected chi connectivity index (χ0v) is 19.3. The molecule has 1 aromatic heterocycles. The van der Waals surface area contributed by atoms with Crippen LogP contribution in [0.5, 0.6) is 17.2 Å². The molecule has 5 rings (SSSR count). The van der Waals surface area contributed by atoms with Crippen LogP contribution in [-0.4, -0.2) is 17.6 Å². The van der Waals surface area contributed by atoms with E-state index < -0.39 is 5.92 Å². The van der Waals surface area contributed by atoms with Crippen LogP contribution in [0.2, 0.25) is 0 Å². The molecule has 172 valence electrons. The minimum absolute atomic E-state index is 0.0765. The van der Waals surface area contributed by atoms with Crippen molar-refractivity contribution in [1.82, 2.24) is 4.57 Å². The summed E-state index contributed by atoms with van der Waals surface area (Å²) in [6.07, 6.45) is 0.0765. The Hall–Kier alpha value is -4.06. The standard InChI is InChI=1S/C28H25NO5/c1-17-8-4-5-9-19(17)16-33-23-13-12-18(14-24(23)32-3)21-15-25(30)34-27-20-10-6-7-11-22(20)29(2)28(31)26(21)27/h4-14,21H,15-16H2,1-3H3/t21-/m0/s1. The van der Waals surface area contributed by atoms with Crippen molar-refractivity contribution in [3.63, 3.8) is 0 Å². The Balaban J connectivity index is 1.55.